The number of aromatic carboxylic acids is 1. The second kappa shape index (κ2) is 16.8. The summed E-state index contributed by atoms with van der Waals surface area (Å²) in [6, 6.07) is 37.2. The van der Waals surface area contributed by atoms with Crippen LogP contribution in [0, 0.1) is 6.92 Å². The van der Waals surface area contributed by atoms with E-state index < -0.39 is 23.0 Å². The first-order valence-corrected chi connectivity index (χ1v) is 16.6. The van der Waals surface area contributed by atoms with E-state index in [1.165, 1.54) is 23.9 Å². The van der Waals surface area contributed by atoms with Crippen molar-refractivity contribution in [3.8, 4) is 5.75 Å². The topological polar surface area (TPSA) is 134 Å². The van der Waals surface area contributed by atoms with Crippen molar-refractivity contribution in [2.45, 2.75) is 30.6 Å². The molecule has 5 aromatic rings. The number of amides is 3. The number of anilines is 2. The van der Waals surface area contributed by atoms with Gasteiger partial charge in [-0.05, 0) is 91.2 Å². The van der Waals surface area contributed by atoms with Crippen LogP contribution in [-0.2, 0) is 16.2 Å². The molecule has 5 aromatic carbocycles. The van der Waals surface area contributed by atoms with Crippen LogP contribution in [0.3, 0.4) is 0 Å². The van der Waals surface area contributed by atoms with Crippen molar-refractivity contribution < 1.29 is 29.0 Å². The number of benzene rings is 5. The molecule has 1 unspecified atom stereocenters. The van der Waals surface area contributed by atoms with Gasteiger partial charge in [0.1, 0.15) is 18.1 Å². The lowest BCUT2D eigenvalue weighted by Crippen LogP contribution is -2.30. The Kier molecular flexibility index (Phi) is 11.8. The first-order valence-electron chi connectivity index (χ1n) is 15.7. The van der Waals surface area contributed by atoms with Crippen molar-refractivity contribution in [3.05, 3.63) is 161 Å². The Morgan fingerprint density at radius 1 is 0.780 bits per heavy atom. The van der Waals surface area contributed by atoms with E-state index in [4.69, 9.17) is 4.74 Å². The summed E-state index contributed by atoms with van der Waals surface area (Å²) >= 11 is 1.28. The van der Waals surface area contributed by atoms with Gasteiger partial charge in [-0.1, -0.05) is 72.8 Å². The molecule has 0 heterocycles. The van der Waals surface area contributed by atoms with Crippen molar-refractivity contribution in [1.82, 2.24) is 5.32 Å². The Labute approximate surface area is 294 Å². The molecule has 0 saturated heterocycles. The molecule has 3 amide bonds. The average molecular weight is 686 g/mol. The maximum atomic E-state index is 13.6. The maximum absolute atomic E-state index is 13.6. The summed E-state index contributed by atoms with van der Waals surface area (Å²) in [5.41, 5.74) is 3.83. The number of rotatable bonds is 13. The molecular formula is C40H35N3O6S. The minimum absolute atomic E-state index is 0.0292. The Bertz CT molecular complexity index is 2010. The minimum atomic E-state index is -1.08. The fourth-order valence-corrected chi connectivity index (χ4v) is 5.66. The number of ether oxygens (including phenoxy) is 1. The highest BCUT2D eigenvalue weighted by Crippen LogP contribution is 2.28. The molecule has 50 heavy (non-hydrogen) atoms. The summed E-state index contributed by atoms with van der Waals surface area (Å²) < 4.78 is 5.88. The first-order chi connectivity index (χ1) is 24.1. The lowest BCUT2D eigenvalue weighted by Gasteiger charge is -2.15. The first kappa shape index (κ1) is 35.2. The molecule has 0 radical (unpaired) electrons. The van der Waals surface area contributed by atoms with Gasteiger partial charge >= 0.3 is 5.97 Å². The predicted octanol–water partition coefficient (Wildman–Crippen LogP) is 7.80. The van der Waals surface area contributed by atoms with E-state index in [0.29, 0.717) is 39.8 Å². The number of aryl methyl sites for hydroxylation is 1. The van der Waals surface area contributed by atoms with Gasteiger partial charge in [0.15, 0.2) is 0 Å². The molecule has 0 bridgehead atoms. The molecule has 9 nitrogen and oxygen atoms in total. The third-order valence-electron chi connectivity index (χ3n) is 7.48. The number of hydrogen-bond donors (Lipinski definition) is 4. The van der Waals surface area contributed by atoms with E-state index in [1.807, 2.05) is 36.4 Å². The second-order valence-electron chi connectivity index (χ2n) is 11.3. The summed E-state index contributed by atoms with van der Waals surface area (Å²) in [4.78, 5) is 51.8. The van der Waals surface area contributed by atoms with Gasteiger partial charge in [0.2, 0.25) is 5.91 Å². The number of carbonyl (C=O) groups is 4. The molecule has 0 fully saturated rings. The van der Waals surface area contributed by atoms with E-state index in [0.717, 1.165) is 11.1 Å². The number of carboxylic acid groups (broad SMARTS) is 1. The van der Waals surface area contributed by atoms with Crippen LogP contribution in [0.25, 0.3) is 6.08 Å². The number of carbonyl (C=O) groups excluding carboxylic acids is 3. The van der Waals surface area contributed by atoms with Crippen molar-refractivity contribution in [1.29, 1.82) is 0 Å². The van der Waals surface area contributed by atoms with E-state index in [1.54, 1.807) is 98.8 Å². The number of thioether (sulfide) groups is 1. The van der Waals surface area contributed by atoms with Crippen LogP contribution >= 0.6 is 11.8 Å². The zero-order chi connectivity index (χ0) is 35.5. The number of carboxylic acids is 1. The zero-order valence-corrected chi connectivity index (χ0v) is 28.2. The Balaban J connectivity index is 1.28. The fourth-order valence-electron chi connectivity index (χ4n) is 4.74. The van der Waals surface area contributed by atoms with Gasteiger partial charge in [0.25, 0.3) is 11.8 Å². The molecule has 4 N–H and O–H groups in total. The van der Waals surface area contributed by atoms with Crippen molar-refractivity contribution in [3.63, 3.8) is 0 Å². The largest absolute Gasteiger partial charge is 0.489 e. The Hall–Kier alpha value is -6.13. The molecule has 0 aliphatic carbocycles. The zero-order valence-electron chi connectivity index (χ0n) is 27.4. The molecule has 1 atom stereocenters. The van der Waals surface area contributed by atoms with Gasteiger partial charge in [0.05, 0.1) is 10.8 Å². The number of nitrogens with one attached hydrogen (secondary N) is 3. The van der Waals surface area contributed by atoms with Gasteiger partial charge < -0.3 is 25.8 Å². The van der Waals surface area contributed by atoms with Crippen LogP contribution in [0.15, 0.2) is 138 Å². The van der Waals surface area contributed by atoms with Crippen molar-refractivity contribution >= 4 is 52.9 Å². The van der Waals surface area contributed by atoms with Gasteiger partial charge in [-0.15, -0.1) is 11.8 Å². The van der Waals surface area contributed by atoms with Crippen LogP contribution in [0.4, 0.5) is 11.4 Å². The molecule has 5 rings (SSSR count). The second-order valence-corrected chi connectivity index (χ2v) is 12.7. The van der Waals surface area contributed by atoms with Crippen molar-refractivity contribution in [2.75, 3.05) is 10.6 Å². The SMILES string of the molecule is Cc1ccc(C(=O)O)cc1NC(=O)C(C)Sc1cccc(NC(=O)/C(=C\c2ccc(OCc3ccccc3)cc2)NC(=O)c2ccccc2)c1. The summed E-state index contributed by atoms with van der Waals surface area (Å²) in [6.07, 6.45) is 1.59. The smallest absolute Gasteiger partial charge is 0.335 e. The van der Waals surface area contributed by atoms with Gasteiger partial charge in [-0.3, -0.25) is 14.4 Å². The summed E-state index contributed by atoms with van der Waals surface area (Å²) in [5, 5.41) is 17.2. The molecule has 10 heteroatoms. The molecule has 0 saturated carbocycles. The standard InChI is InChI=1S/C40H35N3O6S/c1-26-16-19-31(40(47)48)23-35(26)42-37(44)27(2)50-34-15-9-14-32(24-34)41-39(46)36(43-38(45)30-12-7-4-8-13-30)22-28-17-20-33(21-18-28)49-25-29-10-5-3-6-11-29/h3-24,27H,25H2,1-2H3,(H,41,46)(H,42,44)(H,43,45)(H,47,48)/b36-22+. The van der Waals surface area contributed by atoms with E-state index in [9.17, 15) is 24.3 Å². The summed E-state index contributed by atoms with van der Waals surface area (Å²) in [6.45, 7) is 3.93. The predicted molar refractivity (Wildman–Crippen MR) is 196 cm³/mol. The lowest BCUT2D eigenvalue weighted by atomic mass is 10.1. The van der Waals surface area contributed by atoms with Crippen LogP contribution in [-0.4, -0.2) is 34.0 Å². The van der Waals surface area contributed by atoms with E-state index in [2.05, 4.69) is 16.0 Å². The normalized spacial score (nSPS) is 11.6. The van der Waals surface area contributed by atoms with Crippen LogP contribution < -0.4 is 20.7 Å². The molecule has 0 spiro atoms. The lowest BCUT2D eigenvalue weighted by molar-refractivity contribution is -0.115. The Morgan fingerprint density at radius 2 is 1.48 bits per heavy atom. The molecule has 0 aliphatic heterocycles. The number of hydrogen-bond acceptors (Lipinski definition) is 6. The highest BCUT2D eigenvalue weighted by Gasteiger charge is 2.18. The molecular weight excluding hydrogens is 651 g/mol. The van der Waals surface area contributed by atoms with Gasteiger partial charge in [-0.2, -0.15) is 0 Å². The van der Waals surface area contributed by atoms with E-state index >= 15 is 0 Å². The molecule has 252 valence electrons. The highest BCUT2D eigenvalue weighted by molar-refractivity contribution is 8.00. The maximum Gasteiger partial charge on any atom is 0.335 e. The summed E-state index contributed by atoms with van der Waals surface area (Å²) in [7, 11) is 0. The monoisotopic (exact) mass is 685 g/mol. The van der Waals surface area contributed by atoms with Gasteiger partial charge in [-0.25, -0.2) is 4.79 Å². The Morgan fingerprint density at radius 3 is 2.18 bits per heavy atom. The van der Waals surface area contributed by atoms with Crippen molar-refractivity contribution in [2.24, 2.45) is 0 Å². The van der Waals surface area contributed by atoms with E-state index in [-0.39, 0.29) is 17.2 Å². The quantitative estimate of drug-likeness (QED) is 0.0734. The van der Waals surface area contributed by atoms with Crippen LogP contribution in [0.5, 0.6) is 5.75 Å². The van der Waals surface area contributed by atoms with Crippen LogP contribution in [0.1, 0.15) is 44.3 Å². The minimum Gasteiger partial charge on any atom is -0.489 e. The van der Waals surface area contributed by atoms with Gasteiger partial charge in [0, 0.05) is 21.8 Å². The highest BCUT2D eigenvalue weighted by atomic mass is 32.2. The molecule has 0 aromatic heterocycles. The van der Waals surface area contributed by atoms with Crippen LogP contribution in [0.2, 0.25) is 0 Å². The third kappa shape index (κ3) is 9.94. The average Bonchev–Trinajstić information content (AvgIpc) is 3.12. The molecule has 0 aliphatic rings. The third-order valence-corrected chi connectivity index (χ3v) is 8.58. The fraction of sp³-hybridized carbons (Fsp3) is 0.100. The summed E-state index contributed by atoms with van der Waals surface area (Å²) in [5.74, 6) is -1.71.